The van der Waals surface area contributed by atoms with Crippen LogP contribution in [0.3, 0.4) is 0 Å². The molecule has 1 rings (SSSR count). The number of thiophene rings is 1. The summed E-state index contributed by atoms with van der Waals surface area (Å²) in [5, 5.41) is 3.02. The van der Waals surface area contributed by atoms with E-state index in [2.05, 4.69) is 5.32 Å². The lowest BCUT2D eigenvalue weighted by Crippen LogP contribution is -2.35. The van der Waals surface area contributed by atoms with Gasteiger partial charge >= 0.3 is 6.18 Å². The Hall–Kier alpha value is -0.640. The molecule has 0 fully saturated rings. The van der Waals surface area contributed by atoms with E-state index in [0.29, 0.717) is 10.8 Å². The minimum Gasteiger partial charge on any atom is -0.312 e. The summed E-state index contributed by atoms with van der Waals surface area (Å²) in [5.74, 6) is 0. The summed E-state index contributed by atoms with van der Waals surface area (Å²) >= 11 is 0.975. The fraction of sp³-hybridized carbons (Fsp3) is 0.600. The van der Waals surface area contributed by atoms with E-state index >= 15 is 0 Å². The van der Waals surface area contributed by atoms with Crippen LogP contribution in [0.2, 0.25) is 0 Å². The Morgan fingerprint density at radius 3 is 2.53 bits per heavy atom. The maximum Gasteiger partial charge on any atom is 0.402 e. The van der Waals surface area contributed by atoms with E-state index in [0.717, 1.165) is 29.8 Å². The van der Waals surface area contributed by atoms with Gasteiger partial charge in [0.2, 0.25) is 0 Å². The Morgan fingerprint density at radius 1 is 1.37 bits per heavy atom. The normalized spacial score (nSPS) is 13.2. The SMILES string of the molecule is CCNCc1ccc(S(=O)(=O)N(C)CC(F)(F)F)s1. The first kappa shape index (κ1) is 16.4. The zero-order valence-electron chi connectivity index (χ0n) is 10.5. The first-order valence-corrected chi connectivity index (χ1v) is 7.75. The van der Waals surface area contributed by atoms with Crippen molar-refractivity contribution in [2.75, 3.05) is 20.1 Å². The highest BCUT2D eigenvalue weighted by Crippen LogP contribution is 2.26. The molecular formula is C10H15F3N2O2S2. The van der Waals surface area contributed by atoms with Crippen molar-refractivity contribution in [2.45, 2.75) is 23.9 Å². The lowest BCUT2D eigenvalue weighted by molar-refractivity contribution is -0.134. The van der Waals surface area contributed by atoms with Crippen LogP contribution in [-0.4, -0.2) is 39.0 Å². The van der Waals surface area contributed by atoms with E-state index in [4.69, 9.17) is 0 Å². The quantitative estimate of drug-likeness (QED) is 0.874. The fourth-order valence-corrected chi connectivity index (χ4v) is 4.02. The third kappa shape index (κ3) is 4.75. The second-order valence-corrected chi connectivity index (χ2v) is 7.32. The molecule has 0 radical (unpaired) electrons. The molecule has 9 heteroatoms. The van der Waals surface area contributed by atoms with Gasteiger partial charge in [0.1, 0.15) is 10.8 Å². The Labute approximate surface area is 114 Å². The van der Waals surface area contributed by atoms with Crippen LogP contribution in [0.5, 0.6) is 0 Å². The third-order valence-corrected chi connectivity index (χ3v) is 5.61. The molecule has 0 aliphatic rings. The zero-order chi connectivity index (χ0) is 14.7. The van der Waals surface area contributed by atoms with Gasteiger partial charge in [0.15, 0.2) is 0 Å². The largest absolute Gasteiger partial charge is 0.402 e. The molecule has 4 nitrogen and oxygen atoms in total. The highest BCUT2D eigenvalue weighted by molar-refractivity contribution is 7.91. The summed E-state index contributed by atoms with van der Waals surface area (Å²) in [5.41, 5.74) is 0. The van der Waals surface area contributed by atoms with Gasteiger partial charge < -0.3 is 5.32 Å². The number of sulfonamides is 1. The molecule has 1 aromatic rings. The van der Waals surface area contributed by atoms with Crippen molar-refractivity contribution < 1.29 is 21.6 Å². The molecule has 0 aliphatic heterocycles. The number of rotatable bonds is 6. The van der Waals surface area contributed by atoms with Crippen molar-refractivity contribution in [3.05, 3.63) is 17.0 Å². The molecule has 0 atom stereocenters. The van der Waals surface area contributed by atoms with Crippen LogP contribution in [0.15, 0.2) is 16.3 Å². The van der Waals surface area contributed by atoms with Crippen molar-refractivity contribution in [3.8, 4) is 0 Å². The van der Waals surface area contributed by atoms with E-state index in [1.54, 1.807) is 6.07 Å². The molecule has 0 aromatic carbocycles. The zero-order valence-corrected chi connectivity index (χ0v) is 12.1. The lowest BCUT2D eigenvalue weighted by atomic mass is 10.4. The average Bonchev–Trinajstić information content (AvgIpc) is 2.73. The lowest BCUT2D eigenvalue weighted by Gasteiger charge is -2.17. The summed E-state index contributed by atoms with van der Waals surface area (Å²) in [6, 6.07) is 2.93. The second-order valence-electron chi connectivity index (χ2n) is 3.88. The van der Waals surface area contributed by atoms with Gasteiger partial charge in [-0.3, -0.25) is 0 Å². The predicted molar refractivity (Wildman–Crippen MR) is 67.6 cm³/mol. The number of nitrogens with one attached hydrogen (secondary N) is 1. The number of hydrogen-bond acceptors (Lipinski definition) is 4. The summed E-state index contributed by atoms with van der Waals surface area (Å²) < 4.78 is 60.7. The summed E-state index contributed by atoms with van der Waals surface area (Å²) in [6.45, 7) is 1.64. The van der Waals surface area contributed by atoms with Gasteiger partial charge in [0.25, 0.3) is 10.0 Å². The molecule has 110 valence electrons. The van der Waals surface area contributed by atoms with Crippen LogP contribution in [-0.2, 0) is 16.6 Å². The minimum atomic E-state index is -4.55. The van der Waals surface area contributed by atoms with Crippen molar-refractivity contribution in [1.82, 2.24) is 9.62 Å². The smallest absolute Gasteiger partial charge is 0.312 e. The molecule has 1 N–H and O–H groups in total. The van der Waals surface area contributed by atoms with Gasteiger partial charge in [-0.25, -0.2) is 8.42 Å². The number of nitrogens with zero attached hydrogens (tertiary/aromatic N) is 1. The van der Waals surface area contributed by atoms with E-state index < -0.39 is 22.7 Å². The number of hydrogen-bond donors (Lipinski definition) is 1. The van der Waals surface area contributed by atoms with E-state index in [-0.39, 0.29) is 4.21 Å². The second kappa shape index (κ2) is 6.21. The molecule has 0 saturated carbocycles. The fourth-order valence-electron chi connectivity index (χ4n) is 1.33. The van der Waals surface area contributed by atoms with Gasteiger partial charge in [-0.1, -0.05) is 6.92 Å². The Balaban J connectivity index is 2.85. The molecule has 19 heavy (non-hydrogen) atoms. The molecule has 0 aliphatic carbocycles. The topological polar surface area (TPSA) is 49.4 Å². The maximum absolute atomic E-state index is 12.2. The Morgan fingerprint density at radius 2 is 2.00 bits per heavy atom. The summed E-state index contributed by atoms with van der Waals surface area (Å²) in [6.07, 6.45) is -4.55. The molecule has 1 aromatic heterocycles. The van der Waals surface area contributed by atoms with Crippen LogP contribution in [0, 0.1) is 0 Å². The monoisotopic (exact) mass is 316 g/mol. The van der Waals surface area contributed by atoms with Crippen LogP contribution in [0.1, 0.15) is 11.8 Å². The highest BCUT2D eigenvalue weighted by atomic mass is 32.2. The van der Waals surface area contributed by atoms with Crippen LogP contribution >= 0.6 is 11.3 Å². The van der Waals surface area contributed by atoms with Crippen LogP contribution in [0.25, 0.3) is 0 Å². The standard InChI is InChI=1S/C10H15F3N2O2S2/c1-3-14-6-8-4-5-9(18-8)19(16,17)15(2)7-10(11,12)13/h4-5,14H,3,6-7H2,1-2H3. The average molecular weight is 316 g/mol. The van der Waals surface area contributed by atoms with Gasteiger partial charge in [-0.2, -0.15) is 17.5 Å². The molecule has 0 amide bonds. The summed E-state index contributed by atoms with van der Waals surface area (Å²) in [7, 11) is -3.15. The highest BCUT2D eigenvalue weighted by Gasteiger charge is 2.35. The van der Waals surface area contributed by atoms with Gasteiger partial charge in [0.05, 0.1) is 0 Å². The van der Waals surface area contributed by atoms with Crippen LogP contribution in [0.4, 0.5) is 13.2 Å². The molecule has 0 unspecified atom stereocenters. The van der Waals surface area contributed by atoms with Gasteiger partial charge in [-0.15, -0.1) is 11.3 Å². The molecule has 1 heterocycles. The third-order valence-electron chi connectivity index (χ3n) is 2.25. The maximum atomic E-state index is 12.2. The van der Waals surface area contributed by atoms with E-state index in [9.17, 15) is 21.6 Å². The first-order valence-electron chi connectivity index (χ1n) is 5.49. The molecular weight excluding hydrogens is 301 g/mol. The first-order chi connectivity index (χ1) is 8.66. The molecule has 0 spiro atoms. The van der Waals surface area contributed by atoms with Crippen molar-refractivity contribution in [2.24, 2.45) is 0 Å². The van der Waals surface area contributed by atoms with Gasteiger partial charge in [0, 0.05) is 18.5 Å². The Bertz CT molecular complexity index is 511. The van der Waals surface area contributed by atoms with Crippen LogP contribution < -0.4 is 5.32 Å². The Kier molecular flexibility index (Phi) is 5.36. The number of alkyl halides is 3. The molecule has 0 bridgehead atoms. The predicted octanol–water partition coefficient (Wildman–Crippen LogP) is 2.04. The number of halogens is 3. The van der Waals surface area contributed by atoms with Crippen molar-refractivity contribution in [3.63, 3.8) is 0 Å². The van der Waals surface area contributed by atoms with Crippen molar-refractivity contribution in [1.29, 1.82) is 0 Å². The minimum absolute atomic E-state index is 0.0767. The molecule has 0 saturated heterocycles. The summed E-state index contributed by atoms with van der Waals surface area (Å²) in [4.78, 5) is 0.765. The van der Waals surface area contributed by atoms with E-state index in [1.165, 1.54) is 6.07 Å². The van der Waals surface area contributed by atoms with E-state index in [1.807, 2.05) is 6.92 Å². The van der Waals surface area contributed by atoms with Gasteiger partial charge in [-0.05, 0) is 18.7 Å². The van der Waals surface area contributed by atoms with Crippen molar-refractivity contribution >= 4 is 21.4 Å².